The lowest BCUT2D eigenvalue weighted by Crippen LogP contribution is -2.32. The Bertz CT molecular complexity index is 240. The first kappa shape index (κ1) is 12.0. The second-order valence-electron chi connectivity index (χ2n) is 4.51. The summed E-state index contributed by atoms with van der Waals surface area (Å²) in [6.45, 7) is 2.86. The maximum Gasteiger partial charge on any atom is 0.312 e. The molecule has 0 aromatic rings. The summed E-state index contributed by atoms with van der Waals surface area (Å²) in [4.78, 5) is 21.3. The van der Waals surface area contributed by atoms with Crippen molar-refractivity contribution in [3.05, 3.63) is 0 Å². The molecule has 0 bridgehead atoms. The molecule has 4 heteroatoms. The molecule has 2 unspecified atom stereocenters. The lowest BCUT2D eigenvalue weighted by Gasteiger charge is -2.26. The zero-order valence-electron chi connectivity index (χ0n) is 9.16. The second-order valence-corrected chi connectivity index (χ2v) is 4.51. The van der Waals surface area contributed by atoms with Crippen molar-refractivity contribution in [3.63, 3.8) is 0 Å². The van der Waals surface area contributed by atoms with E-state index in [0.29, 0.717) is 12.5 Å². The fourth-order valence-corrected chi connectivity index (χ4v) is 2.20. The van der Waals surface area contributed by atoms with Crippen molar-refractivity contribution in [1.82, 2.24) is 5.32 Å². The van der Waals surface area contributed by atoms with Gasteiger partial charge in [0.1, 0.15) is 6.42 Å². The molecule has 0 aromatic heterocycles. The van der Waals surface area contributed by atoms with E-state index in [1.807, 2.05) is 0 Å². The summed E-state index contributed by atoms with van der Waals surface area (Å²) in [5.74, 6) is -0.170. The van der Waals surface area contributed by atoms with Gasteiger partial charge in [-0.25, -0.2) is 0 Å². The highest BCUT2D eigenvalue weighted by Crippen LogP contribution is 2.27. The van der Waals surface area contributed by atoms with Gasteiger partial charge < -0.3 is 10.4 Å². The molecule has 0 aliphatic heterocycles. The Labute approximate surface area is 90.0 Å². The summed E-state index contributed by atoms with van der Waals surface area (Å²) in [6.07, 6.45) is 4.38. The molecule has 4 nitrogen and oxygen atoms in total. The van der Waals surface area contributed by atoms with Gasteiger partial charge in [0.25, 0.3) is 0 Å². The topological polar surface area (TPSA) is 66.4 Å². The van der Waals surface area contributed by atoms with Crippen LogP contribution in [0.5, 0.6) is 0 Å². The molecule has 1 amide bonds. The maximum absolute atomic E-state index is 11.1. The predicted molar refractivity (Wildman–Crippen MR) is 56.4 cm³/mol. The van der Waals surface area contributed by atoms with Crippen LogP contribution in [-0.4, -0.2) is 23.5 Å². The van der Waals surface area contributed by atoms with E-state index in [1.54, 1.807) is 0 Å². The SMILES string of the molecule is CC1CCCC(CNC(=O)CC(=O)O)C1. The van der Waals surface area contributed by atoms with Crippen molar-refractivity contribution in [3.8, 4) is 0 Å². The summed E-state index contributed by atoms with van der Waals surface area (Å²) < 4.78 is 0. The molecule has 1 fully saturated rings. The van der Waals surface area contributed by atoms with Crippen molar-refractivity contribution in [2.45, 2.75) is 39.0 Å². The van der Waals surface area contributed by atoms with E-state index in [1.165, 1.54) is 12.8 Å². The summed E-state index contributed by atoms with van der Waals surface area (Å²) in [5, 5.41) is 11.1. The fraction of sp³-hybridized carbons (Fsp3) is 0.818. The zero-order chi connectivity index (χ0) is 11.3. The number of carboxylic acids is 1. The van der Waals surface area contributed by atoms with E-state index < -0.39 is 12.4 Å². The number of hydrogen-bond acceptors (Lipinski definition) is 2. The Kier molecular flexibility index (Phi) is 4.59. The van der Waals surface area contributed by atoms with Crippen molar-refractivity contribution >= 4 is 11.9 Å². The average Bonchev–Trinajstić information content (AvgIpc) is 2.14. The number of nitrogens with one attached hydrogen (secondary N) is 1. The van der Waals surface area contributed by atoms with Crippen LogP contribution in [0.15, 0.2) is 0 Å². The van der Waals surface area contributed by atoms with E-state index in [2.05, 4.69) is 12.2 Å². The van der Waals surface area contributed by atoms with Crippen molar-refractivity contribution in [1.29, 1.82) is 0 Å². The Balaban J connectivity index is 2.18. The molecular formula is C11H19NO3. The quantitative estimate of drug-likeness (QED) is 0.694. The van der Waals surface area contributed by atoms with E-state index in [-0.39, 0.29) is 5.91 Å². The fourth-order valence-electron chi connectivity index (χ4n) is 2.20. The van der Waals surface area contributed by atoms with E-state index in [9.17, 15) is 9.59 Å². The van der Waals surface area contributed by atoms with E-state index in [4.69, 9.17) is 5.11 Å². The number of hydrogen-bond donors (Lipinski definition) is 2. The Morgan fingerprint density at radius 3 is 2.73 bits per heavy atom. The largest absolute Gasteiger partial charge is 0.481 e. The normalized spacial score (nSPS) is 25.9. The van der Waals surface area contributed by atoms with E-state index in [0.717, 1.165) is 18.8 Å². The van der Waals surface area contributed by atoms with Gasteiger partial charge in [0.05, 0.1) is 0 Å². The molecule has 2 atom stereocenters. The average molecular weight is 213 g/mol. The standard InChI is InChI=1S/C11H19NO3/c1-8-3-2-4-9(5-8)7-12-10(13)6-11(14)15/h8-9H,2-7H2,1H3,(H,12,13)(H,14,15). The van der Waals surface area contributed by atoms with Crippen LogP contribution >= 0.6 is 0 Å². The molecule has 1 aliphatic carbocycles. The van der Waals surface area contributed by atoms with Crippen LogP contribution in [0.3, 0.4) is 0 Å². The first-order chi connectivity index (χ1) is 7.08. The van der Waals surface area contributed by atoms with Crippen LogP contribution in [0.2, 0.25) is 0 Å². The van der Waals surface area contributed by atoms with Gasteiger partial charge in [0.2, 0.25) is 5.91 Å². The first-order valence-electron chi connectivity index (χ1n) is 5.56. The highest BCUT2D eigenvalue weighted by atomic mass is 16.4. The number of rotatable bonds is 4. The maximum atomic E-state index is 11.1. The minimum atomic E-state index is -1.07. The number of aliphatic carboxylic acids is 1. The number of carboxylic acid groups (broad SMARTS) is 1. The molecule has 15 heavy (non-hydrogen) atoms. The molecule has 0 aromatic carbocycles. The molecule has 86 valence electrons. The Morgan fingerprint density at radius 2 is 2.13 bits per heavy atom. The van der Waals surface area contributed by atoms with Gasteiger partial charge in [-0.15, -0.1) is 0 Å². The highest BCUT2D eigenvalue weighted by molar-refractivity contribution is 5.93. The number of carbonyl (C=O) groups excluding carboxylic acids is 1. The third-order valence-corrected chi connectivity index (χ3v) is 2.94. The predicted octanol–water partition coefficient (Wildman–Crippen LogP) is 1.40. The molecule has 0 heterocycles. The molecule has 1 rings (SSSR count). The summed E-state index contributed by atoms with van der Waals surface area (Å²) >= 11 is 0. The van der Waals surface area contributed by atoms with Crippen molar-refractivity contribution in [2.24, 2.45) is 11.8 Å². The smallest absolute Gasteiger partial charge is 0.312 e. The van der Waals surface area contributed by atoms with Gasteiger partial charge in [-0.2, -0.15) is 0 Å². The summed E-state index contributed by atoms with van der Waals surface area (Å²) in [5.41, 5.74) is 0. The van der Waals surface area contributed by atoms with E-state index >= 15 is 0 Å². The van der Waals surface area contributed by atoms with Gasteiger partial charge in [0.15, 0.2) is 0 Å². The van der Waals surface area contributed by atoms with Gasteiger partial charge >= 0.3 is 5.97 Å². The molecular weight excluding hydrogens is 194 g/mol. The minimum Gasteiger partial charge on any atom is -0.481 e. The second kappa shape index (κ2) is 5.73. The number of carbonyl (C=O) groups is 2. The molecule has 0 saturated heterocycles. The van der Waals surface area contributed by atoms with Crippen LogP contribution in [-0.2, 0) is 9.59 Å². The Hall–Kier alpha value is -1.06. The lowest BCUT2D eigenvalue weighted by molar-refractivity contribution is -0.140. The molecule has 0 radical (unpaired) electrons. The summed E-state index contributed by atoms with van der Waals surface area (Å²) in [6, 6.07) is 0. The first-order valence-corrected chi connectivity index (χ1v) is 5.56. The van der Waals surface area contributed by atoms with Crippen LogP contribution in [0.1, 0.15) is 39.0 Å². The Morgan fingerprint density at radius 1 is 1.40 bits per heavy atom. The van der Waals surface area contributed by atoms with Gasteiger partial charge in [-0.1, -0.05) is 19.8 Å². The van der Waals surface area contributed by atoms with Gasteiger partial charge in [0, 0.05) is 6.54 Å². The molecule has 1 saturated carbocycles. The van der Waals surface area contributed by atoms with Crippen LogP contribution in [0, 0.1) is 11.8 Å². The lowest BCUT2D eigenvalue weighted by atomic mass is 9.82. The van der Waals surface area contributed by atoms with Gasteiger partial charge in [-0.05, 0) is 24.7 Å². The molecule has 2 N–H and O–H groups in total. The summed E-state index contributed by atoms with van der Waals surface area (Å²) in [7, 11) is 0. The van der Waals surface area contributed by atoms with Crippen LogP contribution in [0.4, 0.5) is 0 Å². The monoisotopic (exact) mass is 213 g/mol. The molecule has 1 aliphatic rings. The van der Waals surface area contributed by atoms with Crippen molar-refractivity contribution in [2.75, 3.05) is 6.54 Å². The third kappa shape index (κ3) is 4.81. The van der Waals surface area contributed by atoms with Crippen LogP contribution in [0.25, 0.3) is 0 Å². The van der Waals surface area contributed by atoms with Crippen LogP contribution < -0.4 is 5.32 Å². The third-order valence-electron chi connectivity index (χ3n) is 2.94. The van der Waals surface area contributed by atoms with Gasteiger partial charge in [-0.3, -0.25) is 9.59 Å². The minimum absolute atomic E-state index is 0.374. The highest BCUT2D eigenvalue weighted by Gasteiger charge is 2.19. The van der Waals surface area contributed by atoms with Crippen molar-refractivity contribution < 1.29 is 14.7 Å². The number of amides is 1. The molecule has 0 spiro atoms. The zero-order valence-corrected chi connectivity index (χ0v) is 9.16.